The van der Waals surface area contributed by atoms with E-state index < -0.39 is 40.5 Å². The van der Waals surface area contributed by atoms with Crippen LogP contribution in [0.1, 0.15) is 35.8 Å². The van der Waals surface area contributed by atoms with Crippen LogP contribution in [0.3, 0.4) is 0 Å². The highest BCUT2D eigenvalue weighted by atomic mass is 32.2. The van der Waals surface area contributed by atoms with Gasteiger partial charge in [-0.1, -0.05) is 0 Å². The predicted molar refractivity (Wildman–Crippen MR) is 77.3 cm³/mol. The molecule has 2 atom stereocenters. The lowest BCUT2D eigenvalue weighted by Gasteiger charge is -2.26. The summed E-state index contributed by atoms with van der Waals surface area (Å²) in [6.07, 6.45) is -3.00. The number of aliphatic hydroxyl groups is 1. The maximum absolute atomic E-state index is 12.8. The largest absolute Gasteiger partial charge is 0.416 e. The second-order valence-corrected chi connectivity index (χ2v) is 7.30. The Labute approximate surface area is 136 Å². The number of nitrogens with one attached hydrogen (secondary N) is 1. The highest BCUT2D eigenvalue weighted by molar-refractivity contribution is 7.89. The topological polar surface area (TPSA) is 86.3 Å². The summed E-state index contributed by atoms with van der Waals surface area (Å²) in [5.41, 5.74) is 0.118. The predicted octanol–water partition coefficient (Wildman–Crippen LogP) is 2.23. The van der Waals surface area contributed by atoms with E-state index >= 15 is 0 Å². The minimum absolute atomic E-state index is 0.269. The Morgan fingerprint density at radius 1 is 1.29 bits per heavy atom. The van der Waals surface area contributed by atoms with Crippen molar-refractivity contribution in [3.8, 4) is 0 Å². The standard InChI is InChI=1S/C14H14F3N3O3S/c1-8-11-6-18-19-13(11)12(7-21)20(8)24(22,23)10-4-2-9(3-5-10)14(15,16)17/h2-6,8,12,21H,7H2,1H3,(H,18,19)/t8-,12?/m1/s1. The normalized spacial score (nSPS) is 21.9. The van der Waals surface area contributed by atoms with Crippen molar-refractivity contribution in [1.29, 1.82) is 0 Å². The highest BCUT2D eigenvalue weighted by Crippen LogP contribution is 2.44. The number of nitrogens with zero attached hydrogens (tertiary/aromatic N) is 2. The quantitative estimate of drug-likeness (QED) is 0.878. The summed E-state index contributed by atoms with van der Waals surface area (Å²) >= 11 is 0. The van der Waals surface area contributed by atoms with E-state index in [2.05, 4.69) is 10.2 Å². The Morgan fingerprint density at radius 2 is 1.92 bits per heavy atom. The molecule has 0 bridgehead atoms. The molecule has 0 aliphatic carbocycles. The molecule has 24 heavy (non-hydrogen) atoms. The van der Waals surface area contributed by atoms with Gasteiger partial charge in [0.05, 0.1) is 34.8 Å². The minimum Gasteiger partial charge on any atom is -0.394 e. The molecule has 3 rings (SSSR count). The summed E-state index contributed by atoms with van der Waals surface area (Å²) < 4.78 is 64.6. The molecule has 1 aliphatic heterocycles. The average Bonchev–Trinajstić information content (AvgIpc) is 3.09. The summed E-state index contributed by atoms with van der Waals surface area (Å²) in [7, 11) is -4.10. The molecule has 6 nitrogen and oxygen atoms in total. The van der Waals surface area contributed by atoms with Gasteiger partial charge in [0.15, 0.2) is 0 Å². The number of benzene rings is 1. The van der Waals surface area contributed by atoms with Gasteiger partial charge >= 0.3 is 6.18 Å². The van der Waals surface area contributed by atoms with Gasteiger partial charge in [-0.2, -0.15) is 22.6 Å². The first kappa shape index (κ1) is 16.9. The van der Waals surface area contributed by atoms with Crippen LogP contribution in [0.25, 0.3) is 0 Å². The Balaban J connectivity index is 2.00. The van der Waals surface area contributed by atoms with Gasteiger partial charge in [-0.3, -0.25) is 5.10 Å². The van der Waals surface area contributed by atoms with Gasteiger partial charge in [0.2, 0.25) is 10.0 Å². The fraction of sp³-hybridized carbons (Fsp3) is 0.357. The van der Waals surface area contributed by atoms with Crippen molar-refractivity contribution >= 4 is 10.0 Å². The molecule has 1 aromatic carbocycles. The number of rotatable bonds is 3. The number of aromatic nitrogens is 2. The third-order valence-corrected chi connectivity index (χ3v) is 6.08. The fourth-order valence-electron chi connectivity index (χ4n) is 2.92. The number of hydrogen-bond acceptors (Lipinski definition) is 4. The number of aromatic amines is 1. The molecule has 0 amide bonds. The lowest BCUT2D eigenvalue weighted by molar-refractivity contribution is -0.137. The fourth-order valence-corrected chi connectivity index (χ4v) is 4.67. The first-order chi connectivity index (χ1) is 11.2. The molecular weight excluding hydrogens is 347 g/mol. The summed E-state index contributed by atoms with van der Waals surface area (Å²) in [6, 6.07) is 1.81. The molecule has 1 aliphatic rings. The lowest BCUT2D eigenvalue weighted by atomic mass is 10.1. The van der Waals surface area contributed by atoms with Crippen LogP contribution in [0, 0.1) is 0 Å². The molecule has 10 heteroatoms. The number of aliphatic hydroxyl groups excluding tert-OH is 1. The van der Waals surface area contributed by atoms with Gasteiger partial charge < -0.3 is 5.11 Å². The average molecular weight is 361 g/mol. The molecule has 130 valence electrons. The van der Waals surface area contributed by atoms with Crippen LogP contribution in [-0.2, 0) is 16.2 Å². The zero-order valence-electron chi connectivity index (χ0n) is 12.4. The zero-order valence-corrected chi connectivity index (χ0v) is 13.3. The van der Waals surface area contributed by atoms with Crippen LogP contribution >= 0.6 is 0 Å². The van der Waals surface area contributed by atoms with Gasteiger partial charge in [-0.25, -0.2) is 8.42 Å². The Morgan fingerprint density at radius 3 is 2.46 bits per heavy atom. The summed E-state index contributed by atoms with van der Waals surface area (Å²) in [6.45, 7) is 1.15. The SMILES string of the molecule is C[C@@H]1c2c[nH]nc2C(CO)N1S(=O)(=O)c1ccc(C(F)(F)F)cc1. The van der Waals surface area contributed by atoms with Crippen molar-refractivity contribution < 1.29 is 26.7 Å². The van der Waals surface area contributed by atoms with Crippen LogP contribution in [0.5, 0.6) is 0 Å². The van der Waals surface area contributed by atoms with Crippen LogP contribution < -0.4 is 0 Å². The van der Waals surface area contributed by atoms with Crippen molar-refractivity contribution in [2.75, 3.05) is 6.61 Å². The third kappa shape index (κ3) is 2.50. The van der Waals surface area contributed by atoms with E-state index in [0.717, 1.165) is 28.6 Å². The van der Waals surface area contributed by atoms with Crippen LogP contribution in [0.15, 0.2) is 35.4 Å². The van der Waals surface area contributed by atoms with Crippen LogP contribution in [-0.4, -0.2) is 34.6 Å². The smallest absolute Gasteiger partial charge is 0.394 e. The molecule has 2 heterocycles. The first-order valence-electron chi connectivity index (χ1n) is 7.03. The van der Waals surface area contributed by atoms with E-state index in [9.17, 15) is 26.7 Å². The number of hydrogen-bond donors (Lipinski definition) is 2. The number of sulfonamides is 1. The molecule has 0 saturated heterocycles. The molecule has 0 fully saturated rings. The van der Waals surface area contributed by atoms with Crippen molar-refractivity contribution in [3.05, 3.63) is 47.3 Å². The third-order valence-electron chi connectivity index (χ3n) is 4.09. The second-order valence-electron chi connectivity index (χ2n) is 5.46. The molecule has 1 aromatic heterocycles. The van der Waals surface area contributed by atoms with E-state index in [0.29, 0.717) is 11.3 Å². The van der Waals surface area contributed by atoms with Crippen molar-refractivity contribution in [2.45, 2.75) is 30.1 Å². The number of fused-ring (bicyclic) bond motifs is 1. The van der Waals surface area contributed by atoms with E-state index in [1.165, 1.54) is 0 Å². The van der Waals surface area contributed by atoms with Gasteiger partial charge in [-0.15, -0.1) is 0 Å². The maximum atomic E-state index is 12.8. The minimum atomic E-state index is -4.54. The highest BCUT2D eigenvalue weighted by Gasteiger charge is 2.45. The molecular formula is C14H14F3N3O3S. The summed E-state index contributed by atoms with van der Waals surface area (Å²) in [4.78, 5) is -0.269. The summed E-state index contributed by atoms with van der Waals surface area (Å²) in [5, 5.41) is 16.2. The van der Waals surface area contributed by atoms with Gasteiger partial charge in [0.1, 0.15) is 0 Å². The number of halogens is 3. The monoisotopic (exact) mass is 361 g/mol. The Hall–Kier alpha value is -1.91. The van der Waals surface area contributed by atoms with E-state index in [1.54, 1.807) is 13.1 Å². The van der Waals surface area contributed by atoms with Gasteiger partial charge in [0, 0.05) is 11.8 Å². The molecule has 2 N–H and O–H groups in total. The van der Waals surface area contributed by atoms with Crippen molar-refractivity contribution in [3.63, 3.8) is 0 Å². The lowest BCUT2D eigenvalue weighted by Crippen LogP contribution is -2.34. The van der Waals surface area contributed by atoms with Crippen molar-refractivity contribution in [2.24, 2.45) is 0 Å². The molecule has 0 saturated carbocycles. The first-order valence-corrected chi connectivity index (χ1v) is 8.47. The van der Waals surface area contributed by atoms with Gasteiger partial charge in [0.25, 0.3) is 0 Å². The molecule has 1 unspecified atom stereocenters. The number of H-pyrrole nitrogens is 1. The van der Waals surface area contributed by atoms with Crippen LogP contribution in [0.4, 0.5) is 13.2 Å². The van der Waals surface area contributed by atoms with E-state index in [1.807, 2.05) is 0 Å². The maximum Gasteiger partial charge on any atom is 0.416 e. The van der Waals surface area contributed by atoms with E-state index in [4.69, 9.17) is 0 Å². The van der Waals surface area contributed by atoms with Gasteiger partial charge in [-0.05, 0) is 31.2 Å². The molecule has 0 radical (unpaired) electrons. The van der Waals surface area contributed by atoms with E-state index in [-0.39, 0.29) is 4.90 Å². The molecule has 0 spiro atoms. The number of alkyl halides is 3. The Kier molecular flexibility index (Phi) is 3.93. The second kappa shape index (κ2) is 5.57. The van der Waals surface area contributed by atoms with Crippen molar-refractivity contribution in [1.82, 2.24) is 14.5 Å². The van der Waals surface area contributed by atoms with Crippen LogP contribution in [0.2, 0.25) is 0 Å². The molecule has 2 aromatic rings. The zero-order chi connectivity index (χ0) is 17.7. The summed E-state index contributed by atoms with van der Waals surface area (Å²) in [5.74, 6) is 0. The Bertz CT molecular complexity index is 846.